The summed E-state index contributed by atoms with van der Waals surface area (Å²) in [4.78, 5) is 13.6. The van der Waals surface area contributed by atoms with Gasteiger partial charge in [0, 0.05) is 32.6 Å². The standard InChI is InChI=1S/C43H25NO3/c45-43-35-24-26(30-15-9-19-39-42(30)34-13-5-7-18-38(34)46-39)20-22-31(35)32-23-21-27(25-40(32)47-43)29-14-8-17-37-41(29)33-12-4-6-16-36(33)44(37)28-10-2-1-3-11-28/h1-25H. The van der Waals surface area contributed by atoms with Gasteiger partial charge in [0.2, 0.25) is 0 Å². The van der Waals surface area contributed by atoms with Crippen LogP contribution >= 0.6 is 0 Å². The Morgan fingerprint density at radius 3 is 1.94 bits per heavy atom. The van der Waals surface area contributed by atoms with Crippen molar-refractivity contribution in [3.8, 4) is 27.9 Å². The van der Waals surface area contributed by atoms with Crippen molar-refractivity contribution >= 4 is 65.5 Å². The molecule has 3 aromatic heterocycles. The van der Waals surface area contributed by atoms with E-state index in [1.165, 1.54) is 10.8 Å². The maximum atomic E-state index is 13.6. The van der Waals surface area contributed by atoms with E-state index < -0.39 is 0 Å². The van der Waals surface area contributed by atoms with Gasteiger partial charge in [-0.25, -0.2) is 4.79 Å². The lowest BCUT2D eigenvalue weighted by Gasteiger charge is -2.10. The second-order valence-electron chi connectivity index (χ2n) is 12.0. The van der Waals surface area contributed by atoms with Crippen LogP contribution in [0, 0.1) is 0 Å². The Kier molecular flexibility index (Phi) is 5.40. The fraction of sp³-hybridized carbons (Fsp3) is 0. The van der Waals surface area contributed by atoms with Crippen LogP contribution in [0.15, 0.2) is 165 Å². The van der Waals surface area contributed by atoms with Crippen LogP contribution in [0.4, 0.5) is 0 Å². The Hall–Kier alpha value is -6.39. The molecule has 0 N–H and O–H groups in total. The smallest absolute Gasteiger partial charge is 0.344 e. The lowest BCUT2D eigenvalue weighted by atomic mass is 9.95. The van der Waals surface area contributed by atoms with Gasteiger partial charge >= 0.3 is 5.63 Å². The molecule has 0 saturated heterocycles. The molecule has 0 atom stereocenters. The molecule has 0 amide bonds. The van der Waals surface area contributed by atoms with Crippen molar-refractivity contribution in [3.63, 3.8) is 0 Å². The zero-order valence-corrected chi connectivity index (χ0v) is 25.1. The first kappa shape index (κ1) is 25.9. The third kappa shape index (κ3) is 3.79. The van der Waals surface area contributed by atoms with E-state index in [4.69, 9.17) is 8.83 Å². The number of benzene rings is 7. The molecule has 4 nitrogen and oxygen atoms in total. The summed E-state index contributed by atoms with van der Waals surface area (Å²) in [6, 6.07) is 51.8. The second-order valence-corrected chi connectivity index (χ2v) is 12.0. The van der Waals surface area contributed by atoms with E-state index in [0.717, 1.165) is 71.7 Å². The highest BCUT2D eigenvalue weighted by molar-refractivity contribution is 6.17. The molecule has 0 radical (unpaired) electrons. The molecule has 0 aliphatic heterocycles. The first-order chi connectivity index (χ1) is 23.2. The topological polar surface area (TPSA) is 48.3 Å². The molecule has 220 valence electrons. The van der Waals surface area contributed by atoms with Crippen molar-refractivity contribution in [2.45, 2.75) is 0 Å². The van der Waals surface area contributed by atoms with Crippen molar-refractivity contribution in [1.29, 1.82) is 0 Å². The minimum atomic E-state index is -0.352. The average Bonchev–Trinajstić information content (AvgIpc) is 3.68. The van der Waals surface area contributed by atoms with Crippen molar-refractivity contribution < 1.29 is 8.83 Å². The largest absolute Gasteiger partial charge is 0.456 e. The van der Waals surface area contributed by atoms with E-state index in [9.17, 15) is 4.79 Å². The Morgan fingerprint density at radius 1 is 0.404 bits per heavy atom. The third-order valence-electron chi connectivity index (χ3n) is 9.45. The lowest BCUT2D eigenvalue weighted by molar-refractivity contribution is 0.570. The third-order valence-corrected chi connectivity index (χ3v) is 9.45. The number of hydrogen-bond acceptors (Lipinski definition) is 3. The van der Waals surface area contributed by atoms with Gasteiger partial charge in [0.25, 0.3) is 0 Å². The predicted octanol–water partition coefficient (Wildman–Crippen LogP) is 11.3. The molecule has 0 aliphatic carbocycles. The molecule has 0 aliphatic rings. The SMILES string of the molecule is O=c1oc2cc(-c3cccc4c3c3ccccc3n4-c3ccccc3)ccc2c2ccc(-c3cccc4oc5ccccc5c34)cc12. The first-order valence-electron chi connectivity index (χ1n) is 15.7. The number of para-hydroxylation sites is 3. The van der Waals surface area contributed by atoms with Crippen molar-refractivity contribution in [1.82, 2.24) is 4.57 Å². The summed E-state index contributed by atoms with van der Waals surface area (Å²) in [5.41, 5.74) is 9.33. The fourth-order valence-corrected chi connectivity index (χ4v) is 7.40. The molecule has 7 aromatic carbocycles. The van der Waals surface area contributed by atoms with Crippen LogP contribution in [0.25, 0.3) is 93.4 Å². The molecule has 0 fully saturated rings. The van der Waals surface area contributed by atoms with Gasteiger partial charge in [-0.1, -0.05) is 97.1 Å². The molecule has 0 bridgehead atoms. The Labute approximate surface area is 268 Å². The molecule has 4 heteroatoms. The quantitative estimate of drug-likeness (QED) is 0.149. The summed E-state index contributed by atoms with van der Waals surface area (Å²) in [7, 11) is 0. The normalized spacial score (nSPS) is 11.9. The van der Waals surface area contributed by atoms with E-state index in [-0.39, 0.29) is 5.63 Å². The zero-order valence-electron chi connectivity index (χ0n) is 25.1. The molecule has 0 unspecified atom stereocenters. The number of fused-ring (bicyclic) bond motifs is 9. The van der Waals surface area contributed by atoms with E-state index in [1.807, 2.05) is 54.6 Å². The van der Waals surface area contributed by atoms with E-state index in [2.05, 4.69) is 102 Å². The van der Waals surface area contributed by atoms with Gasteiger partial charge in [0.05, 0.1) is 16.4 Å². The van der Waals surface area contributed by atoms with Crippen LogP contribution < -0.4 is 5.63 Å². The molecule has 10 rings (SSSR count). The van der Waals surface area contributed by atoms with Crippen LogP contribution in [0.5, 0.6) is 0 Å². The van der Waals surface area contributed by atoms with E-state index in [1.54, 1.807) is 0 Å². The van der Waals surface area contributed by atoms with E-state index >= 15 is 0 Å². The van der Waals surface area contributed by atoms with Crippen molar-refractivity contribution in [3.05, 3.63) is 162 Å². The Balaban J connectivity index is 1.16. The maximum absolute atomic E-state index is 13.6. The number of rotatable bonds is 3. The van der Waals surface area contributed by atoms with Gasteiger partial charge in [0.1, 0.15) is 16.7 Å². The van der Waals surface area contributed by atoms with Crippen LogP contribution in [-0.4, -0.2) is 4.57 Å². The maximum Gasteiger partial charge on any atom is 0.344 e. The minimum Gasteiger partial charge on any atom is -0.456 e. The molecular weight excluding hydrogens is 578 g/mol. The lowest BCUT2D eigenvalue weighted by Crippen LogP contribution is -2.00. The summed E-state index contributed by atoms with van der Waals surface area (Å²) >= 11 is 0. The monoisotopic (exact) mass is 603 g/mol. The number of nitrogens with zero attached hydrogens (tertiary/aromatic N) is 1. The first-order valence-corrected chi connectivity index (χ1v) is 15.7. The Bertz CT molecular complexity index is 2930. The van der Waals surface area contributed by atoms with Crippen LogP contribution in [-0.2, 0) is 0 Å². The second kappa shape index (κ2) is 9.80. The predicted molar refractivity (Wildman–Crippen MR) is 192 cm³/mol. The highest BCUT2D eigenvalue weighted by Crippen LogP contribution is 2.41. The van der Waals surface area contributed by atoms with Gasteiger partial charge in [-0.15, -0.1) is 0 Å². The van der Waals surface area contributed by atoms with Gasteiger partial charge in [0.15, 0.2) is 0 Å². The van der Waals surface area contributed by atoms with Crippen molar-refractivity contribution in [2.24, 2.45) is 0 Å². The molecule has 10 aromatic rings. The fourth-order valence-electron chi connectivity index (χ4n) is 7.40. The summed E-state index contributed by atoms with van der Waals surface area (Å²) in [5.74, 6) is 0. The van der Waals surface area contributed by atoms with Crippen LogP contribution in [0.2, 0.25) is 0 Å². The summed E-state index contributed by atoms with van der Waals surface area (Å²) in [5, 5.41) is 6.77. The molecule has 3 heterocycles. The number of hydrogen-bond donors (Lipinski definition) is 0. The summed E-state index contributed by atoms with van der Waals surface area (Å²) in [6.45, 7) is 0. The number of aromatic nitrogens is 1. The van der Waals surface area contributed by atoms with Crippen LogP contribution in [0.3, 0.4) is 0 Å². The zero-order chi connectivity index (χ0) is 31.1. The van der Waals surface area contributed by atoms with Crippen LogP contribution in [0.1, 0.15) is 0 Å². The molecule has 0 saturated carbocycles. The van der Waals surface area contributed by atoms with Gasteiger partial charge in [-0.05, 0) is 82.2 Å². The summed E-state index contributed by atoms with van der Waals surface area (Å²) in [6.07, 6.45) is 0. The average molecular weight is 604 g/mol. The molecule has 0 spiro atoms. The van der Waals surface area contributed by atoms with Gasteiger partial charge < -0.3 is 13.4 Å². The highest BCUT2D eigenvalue weighted by Gasteiger charge is 2.18. The van der Waals surface area contributed by atoms with Crippen molar-refractivity contribution in [2.75, 3.05) is 0 Å². The van der Waals surface area contributed by atoms with Gasteiger partial charge in [-0.2, -0.15) is 0 Å². The number of furan rings is 1. The summed E-state index contributed by atoms with van der Waals surface area (Å²) < 4.78 is 14.5. The minimum absolute atomic E-state index is 0.352. The highest BCUT2D eigenvalue weighted by atomic mass is 16.4. The Morgan fingerprint density at radius 2 is 1.06 bits per heavy atom. The molecule has 47 heavy (non-hydrogen) atoms. The van der Waals surface area contributed by atoms with Gasteiger partial charge in [-0.3, -0.25) is 0 Å². The molecular formula is C43H25NO3. The van der Waals surface area contributed by atoms with E-state index in [0.29, 0.717) is 11.0 Å².